The van der Waals surface area contributed by atoms with Gasteiger partial charge in [-0.25, -0.2) is 4.79 Å². The predicted octanol–water partition coefficient (Wildman–Crippen LogP) is 4.68. The second-order valence-corrected chi connectivity index (χ2v) is 6.70. The van der Waals surface area contributed by atoms with E-state index in [-0.39, 0.29) is 6.03 Å². The number of carbonyl (C=O) groups excluding carboxylic acids is 1. The number of halogens is 3. The van der Waals surface area contributed by atoms with Gasteiger partial charge in [-0.2, -0.15) is 18.3 Å². The minimum Gasteiger partial charge on any atom is -0.313 e. The first kappa shape index (κ1) is 18.9. The van der Waals surface area contributed by atoms with Crippen molar-refractivity contribution in [3.8, 4) is 0 Å². The molecule has 148 valence electrons. The molecule has 0 bridgehead atoms. The van der Waals surface area contributed by atoms with Crippen LogP contribution < -0.4 is 5.32 Å². The van der Waals surface area contributed by atoms with Gasteiger partial charge in [-0.15, -0.1) is 5.10 Å². The molecule has 5 nitrogen and oxygen atoms in total. The monoisotopic (exact) mass is 398 g/mol. The number of rotatable bonds is 2. The summed E-state index contributed by atoms with van der Waals surface area (Å²) in [5, 5.41) is 10.3. The maximum Gasteiger partial charge on any atom is 0.416 e. The number of alkyl halides is 3. The number of amides is 2. The fourth-order valence-electron chi connectivity index (χ4n) is 3.55. The molecule has 0 unspecified atom stereocenters. The van der Waals surface area contributed by atoms with E-state index in [1.54, 1.807) is 17.0 Å². The summed E-state index contributed by atoms with van der Waals surface area (Å²) in [6.45, 7) is 0.425. The molecule has 1 atom stereocenters. The first-order valence-electron chi connectivity index (χ1n) is 9.04. The van der Waals surface area contributed by atoms with Gasteiger partial charge in [-0.3, -0.25) is 5.32 Å². The summed E-state index contributed by atoms with van der Waals surface area (Å²) in [5.74, 6) is 0.308. The molecule has 1 aliphatic rings. The number of fused-ring (bicyclic) bond motifs is 1. The average molecular weight is 398 g/mol. The van der Waals surface area contributed by atoms with Crippen LogP contribution in [-0.2, 0) is 12.6 Å². The number of aromatic nitrogens is 2. The van der Waals surface area contributed by atoms with Gasteiger partial charge >= 0.3 is 12.2 Å². The molecular formula is C21H17F3N4O. The van der Waals surface area contributed by atoms with Gasteiger partial charge in [0.05, 0.1) is 11.6 Å². The van der Waals surface area contributed by atoms with Crippen LogP contribution in [0.15, 0.2) is 66.9 Å². The number of hydrogen-bond acceptors (Lipinski definition) is 3. The van der Waals surface area contributed by atoms with E-state index in [9.17, 15) is 18.0 Å². The van der Waals surface area contributed by atoms with Crippen molar-refractivity contribution in [1.29, 1.82) is 0 Å². The number of nitrogens with one attached hydrogen (secondary N) is 1. The van der Waals surface area contributed by atoms with E-state index < -0.39 is 17.8 Å². The number of urea groups is 1. The highest BCUT2D eigenvalue weighted by Gasteiger charge is 2.34. The SMILES string of the molecule is O=C(Nc1cccnn1)N1CCc2ccccc2[C@H]1c1ccc(C(F)(F)F)cc1. The Morgan fingerprint density at radius 1 is 1.03 bits per heavy atom. The van der Waals surface area contributed by atoms with Crippen LogP contribution in [0.25, 0.3) is 0 Å². The fraction of sp³-hybridized carbons (Fsp3) is 0.190. The summed E-state index contributed by atoms with van der Waals surface area (Å²) in [6, 6.07) is 15.0. The van der Waals surface area contributed by atoms with Crippen molar-refractivity contribution in [1.82, 2.24) is 15.1 Å². The Balaban J connectivity index is 1.70. The van der Waals surface area contributed by atoms with Crippen molar-refractivity contribution in [2.45, 2.75) is 18.6 Å². The Morgan fingerprint density at radius 2 is 1.79 bits per heavy atom. The number of benzene rings is 2. The maximum absolute atomic E-state index is 13.0. The molecule has 29 heavy (non-hydrogen) atoms. The van der Waals surface area contributed by atoms with Gasteiger partial charge in [0.25, 0.3) is 0 Å². The molecule has 8 heteroatoms. The quantitative estimate of drug-likeness (QED) is 0.682. The first-order chi connectivity index (χ1) is 13.9. The number of hydrogen-bond donors (Lipinski definition) is 1. The molecule has 4 rings (SSSR count). The zero-order chi connectivity index (χ0) is 20.4. The van der Waals surface area contributed by atoms with Gasteiger partial charge in [0.2, 0.25) is 0 Å². The van der Waals surface area contributed by atoms with Crippen LogP contribution in [0.3, 0.4) is 0 Å². The Morgan fingerprint density at radius 3 is 2.48 bits per heavy atom. The lowest BCUT2D eigenvalue weighted by atomic mass is 9.88. The Hall–Kier alpha value is -3.42. The minimum absolute atomic E-state index is 0.308. The lowest BCUT2D eigenvalue weighted by Crippen LogP contribution is -2.43. The van der Waals surface area contributed by atoms with Gasteiger partial charge in [-0.1, -0.05) is 36.4 Å². The van der Waals surface area contributed by atoms with Crippen LogP contribution in [-0.4, -0.2) is 27.7 Å². The number of anilines is 1. The molecule has 1 N–H and O–H groups in total. The van der Waals surface area contributed by atoms with E-state index in [2.05, 4.69) is 15.5 Å². The number of nitrogens with zero attached hydrogens (tertiary/aromatic N) is 3. The Kier molecular flexibility index (Phi) is 4.92. The minimum atomic E-state index is -4.41. The molecule has 0 radical (unpaired) electrons. The largest absolute Gasteiger partial charge is 0.416 e. The fourth-order valence-corrected chi connectivity index (χ4v) is 3.55. The standard InChI is InChI=1S/C21H17F3N4O/c22-21(23,24)16-9-7-15(8-10-16)19-17-5-2-1-4-14(17)11-13-28(19)20(29)26-18-6-3-12-25-27-18/h1-10,12,19H,11,13H2,(H,26,27,29)/t19-/m1/s1. The van der Waals surface area contributed by atoms with Crippen LogP contribution >= 0.6 is 0 Å². The smallest absolute Gasteiger partial charge is 0.313 e. The topological polar surface area (TPSA) is 58.1 Å². The van der Waals surface area contributed by atoms with E-state index in [0.717, 1.165) is 23.3 Å². The van der Waals surface area contributed by atoms with Gasteiger partial charge in [-0.05, 0) is 47.4 Å². The zero-order valence-corrected chi connectivity index (χ0v) is 15.2. The summed E-state index contributed by atoms with van der Waals surface area (Å²) < 4.78 is 38.9. The lowest BCUT2D eigenvalue weighted by Gasteiger charge is -2.37. The van der Waals surface area contributed by atoms with Crippen molar-refractivity contribution in [2.75, 3.05) is 11.9 Å². The molecular weight excluding hydrogens is 381 g/mol. The van der Waals surface area contributed by atoms with Gasteiger partial charge < -0.3 is 4.90 Å². The van der Waals surface area contributed by atoms with Crippen LogP contribution in [0, 0.1) is 0 Å². The highest BCUT2D eigenvalue weighted by atomic mass is 19.4. The first-order valence-corrected chi connectivity index (χ1v) is 9.04. The van der Waals surface area contributed by atoms with Crippen molar-refractivity contribution in [3.05, 3.63) is 89.1 Å². The van der Waals surface area contributed by atoms with Gasteiger partial charge in [0.15, 0.2) is 5.82 Å². The van der Waals surface area contributed by atoms with Crippen molar-refractivity contribution in [3.63, 3.8) is 0 Å². The summed E-state index contributed by atoms with van der Waals surface area (Å²) >= 11 is 0. The van der Waals surface area contributed by atoms with E-state index >= 15 is 0 Å². The molecule has 0 aliphatic carbocycles. The third-order valence-electron chi connectivity index (χ3n) is 4.91. The normalized spacial score (nSPS) is 16.2. The van der Waals surface area contributed by atoms with Gasteiger partial charge in [0.1, 0.15) is 0 Å². The predicted molar refractivity (Wildman–Crippen MR) is 101 cm³/mol. The number of carbonyl (C=O) groups is 1. The third-order valence-corrected chi connectivity index (χ3v) is 4.91. The molecule has 2 aromatic carbocycles. The maximum atomic E-state index is 13.0. The van der Waals surface area contributed by atoms with Gasteiger partial charge in [0, 0.05) is 12.7 Å². The second kappa shape index (κ2) is 7.54. The van der Waals surface area contributed by atoms with E-state index in [1.165, 1.54) is 18.3 Å². The molecule has 2 amide bonds. The summed E-state index contributed by atoms with van der Waals surface area (Å²) in [6.07, 6.45) is -2.26. The third kappa shape index (κ3) is 3.91. The Labute approximate surface area is 165 Å². The highest BCUT2D eigenvalue weighted by molar-refractivity contribution is 5.89. The van der Waals surface area contributed by atoms with Crippen LogP contribution in [0.1, 0.15) is 28.3 Å². The molecule has 0 spiro atoms. The van der Waals surface area contributed by atoms with E-state index in [1.807, 2.05) is 24.3 Å². The van der Waals surface area contributed by atoms with Crippen LogP contribution in [0.2, 0.25) is 0 Å². The summed E-state index contributed by atoms with van der Waals surface area (Å²) in [4.78, 5) is 14.6. The average Bonchev–Trinajstić information content (AvgIpc) is 2.73. The van der Waals surface area contributed by atoms with Crippen molar-refractivity contribution in [2.24, 2.45) is 0 Å². The second-order valence-electron chi connectivity index (χ2n) is 6.70. The zero-order valence-electron chi connectivity index (χ0n) is 15.2. The molecule has 0 saturated heterocycles. The molecule has 3 aromatic rings. The lowest BCUT2D eigenvalue weighted by molar-refractivity contribution is -0.137. The van der Waals surface area contributed by atoms with E-state index in [4.69, 9.17) is 0 Å². The molecule has 1 aromatic heterocycles. The molecule has 0 saturated carbocycles. The van der Waals surface area contributed by atoms with E-state index in [0.29, 0.717) is 24.3 Å². The molecule has 0 fully saturated rings. The van der Waals surface area contributed by atoms with Crippen LogP contribution in [0.4, 0.5) is 23.8 Å². The van der Waals surface area contributed by atoms with Crippen molar-refractivity contribution < 1.29 is 18.0 Å². The summed E-state index contributed by atoms with van der Waals surface area (Å²) in [7, 11) is 0. The molecule has 2 heterocycles. The summed E-state index contributed by atoms with van der Waals surface area (Å²) in [5.41, 5.74) is 1.86. The Bertz CT molecular complexity index is 1010. The highest BCUT2D eigenvalue weighted by Crippen LogP contribution is 2.37. The van der Waals surface area contributed by atoms with Crippen LogP contribution in [0.5, 0.6) is 0 Å². The molecule has 1 aliphatic heterocycles. The van der Waals surface area contributed by atoms with Crippen molar-refractivity contribution >= 4 is 11.8 Å².